The number of anilines is 1. The van der Waals surface area contributed by atoms with Crippen LogP contribution in [0.15, 0.2) is 34.7 Å². The zero-order valence-electron chi connectivity index (χ0n) is 17.3. The first-order chi connectivity index (χ1) is 14.7. The molecule has 1 atom stereocenters. The highest BCUT2D eigenvalue weighted by Crippen LogP contribution is 2.37. The third kappa shape index (κ3) is 3.86. The lowest BCUT2D eigenvalue weighted by Gasteiger charge is -2.29. The van der Waals surface area contributed by atoms with Gasteiger partial charge in [-0.25, -0.2) is 0 Å². The van der Waals surface area contributed by atoms with E-state index in [0.717, 1.165) is 4.88 Å². The Labute approximate surface area is 181 Å². The third-order valence-electron chi connectivity index (χ3n) is 4.82. The second-order valence-electron chi connectivity index (χ2n) is 8.17. The summed E-state index contributed by atoms with van der Waals surface area (Å²) in [5, 5.41) is 16.8. The van der Waals surface area contributed by atoms with Gasteiger partial charge < -0.3 is 20.5 Å². The van der Waals surface area contributed by atoms with Crippen LogP contribution in [0.4, 0.5) is 5.69 Å². The van der Waals surface area contributed by atoms with Gasteiger partial charge in [0.15, 0.2) is 0 Å². The molecule has 3 aromatic rings. The van der Waals surface area contributed by atoms with Crippen LogP contribution < -0.4 is 16.2 Å². The predicted molar refractivity (Wildman–Crippen MR) is 117 cm³/mol. The number of nitrogens with one attached hydrogen (secondary N) is 2. The minimum atomic E-state index is -0.842. The van der Waals surface area contributed by atoms with Gasteiger partial charge in [0.25, 0.3) is 11.5 Å². The van der Waals surface area contributed by atoms with Crippen molar-refractivity contribution in [2.75, 3.05) is 18.4 Å². The summed E-state index contributed by atoms with van der Waals surface area (Å²) < 4.78 is 6.69. The van der Waals surface area contributed by atoms with Crippen LogP contribution in [0.25, 0.3) is 10.9 Å². The van der Waals surface area contributed by atoms with E-state index in [-0.39, 0.29) is 0 Å². The minimum Gasteiger partial charge on any atom is -0.506 e. The molecule has 2 aromatic heterocycles. The molecule has 0 fully saturated rings. The van der Waals surface area contributed by atoms with Gasteiger partial charge in [-0.1, -0.05) is 6.07 Å². The van der Waals surface area contributed by atoms with Crippen LogP contribution in [0.1, 0.15) is 42.0 Å². The number of ether oxygens (including phenoxy) is 1. The Hall–Kier alpha value is -3.40. The van der Waals surface area contributed by atoms with Crippen LogP contribution in [-0.2, 0) is 9.53 Å². The molecular weight excluding hydrogens is 420 g/mol. The number of amides is 1. The van der Waals surface area contributed by atoms with Gasteiger partial charge in [-0.05, 0) is 32.9 Å². The van der Waals surface area contributed by atoms with E-state index < -0.39 is 46.9 Å². The Morgan fingerprint density at radius 1 is 1.39 bits per heavy atom. The fourth-order valence-corrected chi connectivity index (χ4v) is 4.34. The SMILES string of the molecule is CC(C)(C)OC(=O)CNC(=O)c1c(O)c2cccc3c2n(c1=O)C(c1cncs1)CN3. The van der Waals surface area contributed by atoms with Crippen molar-refractivity contribution < 1.29 is 19.4 Å². The van der Waals surface area contributed by atoms with E-state index in [1.807, 2.05) is 6.07 Å². The normalized spacial score (nSPS) is 15.4. The summed E-state index contributed by atoms with van der Waals surface area (Å²) in [4.78, 5) is 43.2. The van der Waals surface area contributed by atoms with Crippen LogP contribution in [0.2, 0.25) is 0 Å². The molecule has 10 heteroatoms. The fourth-order valence-electron chi connectivity index (χ4n) is 3.63. The number of pyridine rings is 1. The number of thiazole rings is 1. The van der Waals surface area contributed by atoms with E-state index in [1.54, 1.807) is 44.6 Å². The number of nitrogens with zero attached hydrogens (tertiary/aromatic N) is 2. The average Bonchev–Trinajstić information content (AvgIpc) is 3.23. The highest BCUT2D eigenvalue weighted by molar-refractivity contribution is 7.09. The standard InChI is InChI=1S/C21H22N4O5S/c1-21(2,3)30-15(26)9-24-19(28)16-18(27)11-5-4-6-12-17(11)25(20(16)29)13(7-23-12)14-8-22-10-31-14/h4-6,8,10,13,23,27H,7,9H2,1-3H3,(H,24,28). The van der Waals surface area contributed by atoms with E-state index in [0.29, 0.717) is 23.1 Å². The van der Waals surface area contributed by atoms with E-state index in [1.165, 1.54) is 15.9 Å². The van der Waals surface area contributed by atoms with Crippen LogP contribution in [0, 0.1) is 0 Å². The smallest absolute Gasteiger partial charge is 0.325 e. The first-order valence-electron chi connectivity index (χ1n) is 9.70. The van der Waals surface area contributed by atoms with Crippen molar-refractivity contribution >= 4 is 39.8 Å². The van der Waals surface area contributed by atoms with Crippen molar-refractivity contribution in [3.63, 3.8) is 0 Å². The molecule has 0 saturated carbocycles. The number of carbonyl (C=O) groups is 2. The molecule has 0 bridgehead atoms. The quantitative estimate of drug-likeness (QED) is 0.530. The Morgan fingerprint density at radius 3 is 2.84 bits per heavy atom. The molecule has 9 nitrogen and oxygen atoms in total. The molecule has 0 saturated heterocycles. The van der Waals surface area contributed by atoms with Crippen molar-refractivity contribution in [2.45, 2.75) is 32.4 Å². The van der Waals surface area contributed by atoms with E-state index >= 15 is 0 Å². The molecule has 0 radical (unpaired) electrons. The van der Waals surface area contributed by atoms with Gasteiger partial charge in [-0.2, -0.15) is 0 Å². The number of aromatic hydroxyl groups is 1. The molecule has 1 aromatic carbocycles. The maximum absolute atomic E-state index is 13.4. The largest absolute Gasteiger partial charge is 0.506 e. The zero-order chi connectivity index (χ0) is 22.3. The van der Waals surface area contributed by atoms with Gasteiger partial charge in [0, 0.05) is 23.0 Å². The fraction of sp³-hybridized carbons (Fsp3) is 0.333. The summed E-state index contributed by atoms with van der Waals surface area (Å²) in [6, 6.07) is 4.79. The summed E-state index contributed by atoms with van der Waals surface area (Å²) in [5.41, 5.74) is 1.11. The maximum Gasteiger partial charge on any atom is 0.325 e. The highest BCUT2D eigenvalue weighted by atomic mass is 32.1. The van der Waals surface area contributed by atoms with Crippen molar-refractivity contribution in [3.05, 3.63) is 50.7 Å². The molecule has 0 aliphatic carbocycles. The zero-order valence-corrected chi connectivity index (χ0v) is 18.1. The number of aromatic nitrogens is 2. The lowest BCUT2D eigenvalue weighted by atomic mass is 10.0. The summed E-state index contributed by atoms with van der Waals surface area (Å²) in [7, 11) is 0. The van der Waals surface area contributed by atoms with E-state index in [2.05, 4.69) is 15.6 Å². The second-order valence-corrected chi connectivity index (χ2v) is 9.09. The summed E-state index contributed by atoms with van der Waals surface area (Å²) in [5.74, 6) is -1.91. The Bertz CT molecular complexity index is 1230. The van der Waals surface area contributed by atoms with Crippen LogP contribution in [0.3, 0.4) is 0 Å². The molecular formula is C21H22N4O5S. The van der Waals surface area contributed by atoms with Gasteiger partial charge in [0.05, 0.1) is 22.8 Å². The first kappa shape index (κ1) is 20.9. The number of carbonyl (C=O) groups excluding carboxylic acids is 2. The second kappa shape index (κ2) is 7.69. The van der Waals surface area contributed by atoms with Crippen molar-refractivity contribution in [2.24, 2.45) is 0 Å². The first-order valence-corrected chi connectivity index (χ1v) is 10.6. The van der Waals surface area contributed by atoms with E-state index in [4.69, 9.17) is 4.74 Å². The van der Waals surface area contributed by atoms with Gasteiger partial charge in [-0.3, -0.25) is 23.9 Å². The molecule has 1 aliphatic rings. The molecule has 3 heterocycles. The number of para-hydroxylation sites is 1. The number of hydrogen-bond acceptors (Lipinski definition) is 8. The van der Waals surface area contributed by atoms with Gasteiger partial charge in [0.2, 0.25) is 0 Å². The molecule has 4 rings (SSSR count). The van der Waals surface area contributed by atoms with Crippen LogP contribution in [-0.4, -0.2) is 45.2 Å². The molecule has 1 unspecified atom stereocenters. The van der Waals surface area contributed by atoms with Gasteiger partial charge in [0.1, 0.15) is 23.5 Å². The number of rotatable bonds is 4. The summed E-state index contributed by atoms with van der Waals surface area (Å²) in [6.07, 6.45) is 1.68. The number of esters is 1. The number of benzene rings is 1. The van der Waals surface area contributed by atoms with Crippen molar-refractivity contribution in [1.82, 2.24) is 14.9 Å². The third-order valence-corrected chi connectivity index (χ3v) is 5.70. The molecule has 162 valence electrons. The topological polar surface area (TPSA) is 123 Å². The highest BCUT2D eigenvalue weighted by Gasteiger charge is 2.31. The average molecular weight is 442 g/mol. The molecule has 1 amide bonds. The van der Waals surface area contributed by atoms with Crippen LogP contribution in [0.5, 0.6) is 5.75 Å². The predicted octanol–water partition coefficient (Wildman–Crippen LogP) is 2.25. The maximum atomic E-state index is 13.4. The van der Waals surface area contributed by atoms with Crippen molar-refractivity contribution in [1.29, 1.82) is 0 Å². The lowest BCUT2D eigenvalue weighted by Crippen LogP contribution is -2.40. The Morgan fingerprint density at radius 2 is 2.16 bits per heavy atom. The Balaban J connectivity index is 1.78. The summed E-state index contributed by atoms with van der Waals surface area (Å²) in [6.45, 7) is 5.14. The molecule has 31 heavy (non-hydrogen) atoms. The minimum absolute atomic E-state index is 0.362. The monoisotopic (exact) mass is 442 g/mol. The lowest BCUT2D eigenvalue weighted by molar-refractivity contribution is -0.153. The molecule has 3 N–H and O–H groups in total. The van der Waals surface area contributed by atoms with Gasteiger partial charge >= 0.3 is 5.97 Å². The van der Waals surface area contributed by atoms with Crippen LogP contribution >= 0.6 is 11.3 Å². The van der Waals surface area contributed by atoms with Gasteiger partial charge in [-0.15, -0.1) is 11.3 Å². The summed E-state index contributed by atoms with van der Waals surface area (Å²) >= 11 is 1.40. The Kier molecular flexibility index (Phi) is 5.18. The van der Waals surface area contributed by atoms with E-state index in [9.17, 15) is 19.5 Å². The number of hydrogen-bond donors (Lipinski definition) is 3. The molecule has 1 aliphatic heterocycles. The van der Waals surface area contributed by atoms with Crippen molar-refractivity contribution in [3.8, 4) is 5.75 Å². The molecule has 0 spiro atoms.